The Morgan fingerprint density at radius 3 is 1.59 bits per heavy atom. The Labute approximate surface area is 381 Å². The molecule has 0 unspecified atom stereocenters. The number of aliphatic imine (C=N–C) groups is 1. The molecule has 0 radical (unpaired) electrons. The van der Waals surface area contributed by atoms with Crippen LogP contribution < -0.4 is 0 Å². The van der Waals surface area contributed by atoms with Crippen LogP contribution in [0.15, 0.2) is 193 Å². The zero-order chi connectivity index (χ0) is 46.0. The van der Waals surface area contributed by atoms with Crippen LogP contribution in [0.5, 0.6) is 0 Å². The van der Waals surface area contributed by atoms with Crippen LogP contribution in [-0.2, 0) is 6.54 Å². The number of aryl methyl sites for hydroxylation is 3. The lowest BCUT2D eigenvalue weighted by Gasteiger charge is -2.09. The summed E-state index contributed by atoms with van der Waals surface area (Å²) in [6.07, 6.45) is 5.52. The van der Waals surface area contributed by atoms with Gasteiger partial charge in [0.05, 0.1) is 6.54 Å². The van der Waals surface area contributed by atoms with Crippen LogP contribution in [0.1, 0.15) is 108 Å². The van der Waals surface area contributed by atoms with Gasteiger partial charge in [-0.15, -0.1) is 0 Å². The topological polar surface area (TPSA) is 28.1 Å². The summed E-state index contributed by atoms with van der Waals surface area (Å²) in [6.45, 7) is 25.2. The average Bonchev–Trinajstić information content (AvgIpc) is 4.00. The summed E-state index contributed by atoms with van der Waals surface area (Å²) in [5, 5.41) is 2.58. The summed E-state index contributed by atoms with van der Waals surface area (Å²) in [6, 6.07) is 61.8. The summed E-state index contributed by atoms with van der Waals surface area (Å²) < 4.78 is 0. The van der Waals surface area contributed by atoms with Crippen molar-refractivity contribution in [2.75, 3.05) is 0 Å². The number of para-hydroxylation sites is 1. The lowest BCUT2D eigenvalue weighted by atomic mass is 9.96. The number of H-pyrrole nitrogens is 1. The zero-order valence-electron chi connectivity index (χ0n) is 40.3. The summed E-state index contributed by atoms with van der Waals surface area (Å²) in [5.41, 5.74) is 17.8. The Hall–Kier alpha value is -6.51. The number of hydrogen-bond donors (Lipinski definition) is 1. The number of nitrogens with zero attached hydrogens (tertiary/aromatic N) is 1. The first-order valence-electron chi connectivity index (χ1n) is 23.1. The van der Waals surface area contributed by atoms with Gasteiger partial charge < -0.3 is 4.98 Å². The van der Waals surface area contributed by atoms with Gasteiger partial charge in [-0.25, -0.2) is 0 Å². The average molecular weight is 833 g/mol. The Balaban J connectivity index is 0.000000262. The van der Waals surface area contributed by atoms with E-state index in [4.69, 9.17) is 4.99 Å². The molecule has 1 aromatic heterocycles. The number of aromatic amines is 1. The van der Waals surface area contributed by atoms with E-state index in [1.807, 2.05) is 79.7 Å². The van der Waals surface area contributed by atoms with Crippen molar-refractivity contribution in [3.05, 3.63) is 227 Å². The Kier molecular flexibility index (Phi) is 22.7. The molecule has 0 aliphatic heterocycles. The molecule has 8 aromatic rings. The molecule has 1 aliphatic carbocycles. The third kappa shape index (κ3) is 15.1. The third-order valence-electron chi connectivity index (χ3n) is 10.2. The molecule has 9 rings (SSSR count). The molecule has 0 saturated carbocycles. The minimum Gasteiger partial charge on any atom is -0.354 e. The van der Waals surface area contributed by atoms with Gasteiger partial charge in [0.15, 0.2) is 0 Å². The first kappa shape index (κ1) is 50.8. The van der Waals surface area contributed by atoms with Crippen LogP contribution in [0, 0.1) is 20.8 Å². The van der Waals surface area contributed by atoms with Gasteiger partial charge in [0.2, 0.25) is 0 Å². The molecule has 1 N–H and O–H groups in total. The van der Waals surface area contributed by atoms with Crippen molar-refractivity contribution < 1.29 is 0 Å². The molecule has 7 aromatic carbocycles. The fraction of sp³-hybridized carbons (Fsp3) is 0.230. The Morgan fingerprint density at radius 2 is 0.968 bits per heavy atom. The van der Waals surface area contributed by atoms with Crippen molar-refractivity contribution in [2.45, 2.75) is 96.1 Å². The van der Waals surface area contributed by atoms with E-state index in [2.05, 4.69) is 196 Å². The Morgan fingerprint density at radius 1 is 0.460 bits per heavy atom. The fourth-order valence-corrected chi connectivity index (χ4v) is 6.96. The SMILES string of the molecule is CC.CC.CC.CC.CC(=NCc1ccc(C2=CC=C(c3ccccc3C)C2)cc1)c1ccccc1.Cc1ccc(-c2ccc3c(c2)[nH]c2ccccc23)cc1.Cc1ccccc1. The maximum Gasteiger partial charge on any atom is 0.0643 e. The van der Waals surface area contributed by atoms with Gasteiger partial charge in [-0.05, 0) is 96.3 Å². The first-order valence-corrected chi connectivity index (χ1v) is 23.1. The van der Waals surface area contributed by atoms with Crippen molar-refractivity contribution in [3.8, 4) is 11.1 Å². The van der Waals surface area contributed by atoms with Crippen LogP contribution in [-0.4, -0.2) is 10.7 Å². The third-order valence-corrected chi connectivity index (χ3v) is 10.2. The number of aromatic nitrogens is 1. The molecule has 0 saturated heterocycles. The number of hydrogen-bond acceptors (Lipinski definition) is 1. The molecule has 0 amide bonds. The van der Waals surface area contributed by atoms with E-state index in [0.29, 0.717) is 6.54 Å². The smallest absolute Gasteiger partial charge is 0.0643 e. The van der Waals surface area contributed by atoms with Crippen LogP contribution in [0.25, 0.3) is 44.1 Å². The molecule has 1 heterocycles. The standard InChI is InChI=1S/C27H25N.C19H15N.C7H8.4C2H6/c1-20-8-6-7-11-27(20)26-17-16-25(18-26)24-14-12-22(13-15-24)19-28-21(2)23-9-4-3-5-10-23;1-13-6-8-14(9-7-13)15-10-11-17-16-4-2-3-5-18(16)20-19(17)12-15;1-7-5-3-2-4-6-7;4*1-2/h3-17H,18-19H2,1-2H3;2-12,20H,1H3;2-6H,1H3;4*1-2H3. The van der Waals surface area contributed by atoms with Crippen LogP contribution in [0.3, 0.4) is 0 Å². The van der Waals surface area contributed by atoms with Gasteiger partial charge in [-0.3, -0.25) is 4.99 Å². The maximum atomic E-state index is 4.75. The molecule has 63 heavy (non-hydrogen) atoms. The van der Waals surface area contributed by atoms with Gasteiger partial charge in [0.25, 0.3) is 0 Å². The number of rotatable bonds is 6. The van der Waals surface area contributed by atoms with Crippen molar-refractivity contribution in [1.29, 1.82) is 0 Å². The minimum absolute atomic E-state index is 0.715. The van der Waals surface area contributed by atoms with Gasteiger partial charge in [-0.2, -0.15) is 0 Å². The predicted octanol–water partition coefficient (Wildman–Crippen LogP) is 18.3. The quantitative estimate of drug-likeness (QED) is 0.162. The van der Waals surface area contributed by atoms with Crippen LogP contribution in [0.4, 0.5) is 0 Å². The molecule has 1 aliphatic rings. The monoisotopic (exact) mass is 833 g/mol. The van der Waals surface area contributed by atoms with Crippen LogP contribution in [0.2, 0.25) is 0 Å². The van der Waals surface area contributed by atoms with Crippen molar-refractivity contribution >= 4 is 38.7 Å². The van der Waals surface area contributed by atoms with E-state index < -0.39 is 0 Å². The molecule has 0 bridgehead atoms. The van der Waals surface area contributed by atoms with E-state index in [9.17, 15) is 0 Å². The number of nitrogens with one attached hydrogen (secondary N) is 1. The van der Waals surface area contributed by atoms with E-state index in [1.54, 1.807) is 0 Å². The number of fused-ring (bicyclic) bond motifs is 3. The van der Waals surface area contributed by atoms with Crippen molar-refractivity contribution in [2.24, 2.45) is 4.99 Å². The fourth-order valence-electron chi connectivity index (χ4n) is 6.96. The molecule has 0 fully saturated rings. The highest BCUT2D eigenvalue weighted by Gasteiger charge is 2.13. The predicted molar refractivity (Wildman–Crippen MR) is 283 cm³/mol. The molecule has 0 spiro atoms. The Bertz CT molecular complexity index is 2590. The van der Waals surface area contributed by atoms with E-state index in [1.165, 1.54) is 83.0 Å². The lowest BCUT2D eigenvalue weighted by Crippen LogP contribution is -1.95. The molecule has 2 heteroatoms. The lowest BCUT2D eigenvalue weighted by molar-refractivity contribution is 1.06. The van der Waals surface area contributed by atoms with Gasteiger partial charge >= 0.3 is 0 Å². The highest BCUT2D eigenvalue weighted by molar-refractivity contribution is 6.08. The second-order valence-corrected chi connectivity index (χ2v) is 14.3. The number of allylic oxidation sites excluding steroid dienone is 4. The minimum atomic E-state index is 0.715. The van der Waals surface area contributed by atoms with Gasteiger partial charge in [0, 0.05) is 27.5 Å². The normalized spacial score (nSPS) is 11.1. The molecular formula is C61H72N2. The van der Waals surface area contributed by atoms with E-state index in [0.717, 1.165) is 12.1 Å². The van der Waals surface area contributed by atoms with Crippen LogP contribution >= 0.6 is 0 Å². The highest BCUT2D eigenvalue weighted by atomic mass is 14.7. The molecule has 2 nitrogen and oxygen atoms in total. The summed E-state index contributed by atoms with van der Waals surface area (Å²) in [7, 11) is 0. The molecule has 0 atom stereocenters. The highest BCUT2D eigenvalue weighted by Crippen LogP contribution is 2.35. The van der Waals surface area contributed by atoms with Gasteiger partial charge in [0.1, 0.15) is 0 Å². The molecule has 326 valence electrons. The summed E-state index contributed by atoms with van der Waals surface area (Å²) in [5.74, 6) is 0. The second kappa shape index (κ2) is 28.2. The van der Waals surface area contributed by atoms with Crippen molar-refractivity contribution in [3.63, 3.8) is 0 Å². The van der Waals surface area contributed by atoms with Gasteiger partial charge in [-0.1, -0.05) is 242 Å². The second-order valence-electron chi connectivity index (χ2n) is 14.3. The zero-order valence-corrected chi connectivity index (χ0v) is 40.3. The summed E-state index contributed by atoms with van der Waals surface area (Å²) >= 11 is 0. The molecular weight excluding hydrogens is 761 g/mol. The van der Waals surface area contributed by atoms with Crippen molar-refractivity contribution in [1.82, 2.24) is 4.98 Å². The maximum absolute atomic E-state index is 4.75. The first-order chi connectivity index (χ1) is 30.9. The number of benzene rings is 7. The van der Waals surface area contributed by atoms with E-state index in [-0.39, 0.29) is 0 Å². The largest absolute Gasteiger partial charge is 0.354 e. The van der Waals surface area contributed by atoms with E-state index >= 15 is 0 Å². The summed E-state index contributed by atoms with van der Waals surface area (Å²) in [4.78, 5) is 8.24.